The quantitative estimate of drug-likeness (QED) is 0.428. The third-order valence-electron chi connectivity index (χ3n) is 8.49. The van der Waals surface area contributed by atoms with Gasteiger partial charge in [-0.15, -0.1) is 0 Å². The Labute approximate surface area is 198 Å². The fourth-order valence-corrected chi connectivity index (χ4v) is 6.94. The Morgan fingerprint density at radius 1 is 1.09 bits per heavy atom. The summed E-state index contributed by atoms with van der Waals surface area (Å²) < 4.78 is 21.3. The van der Waals surface area contributed by atoms with Gasteiger partial charge in [0, 0.05) is 38.8 Å². The van der Waals surface area contributed by atoms with Crippen LogP contribution in [0.4, 0.5) is 0 Å². The highest BCUT2D eigenvalue weighted by Gasteiger charge is 2.68. The molecule has 10 nitrogen and oxygen atoms in total. The number of hydrogen-bond acceptors (Lipinski definition) is 9. The van der Waals surface area contributed by atoms with Crippen LogP contribution in [0, 0.1) is 28.6 Å². The summed E-state index contributed by atoms with van der Waals surface area (Å²) in [4.78, 5) is 66.4. The number of carbonyl (C=O) groups is 5. The van der Waals surface area contributed by atoms with Crippen molar-refractivity contribution in [1.82, 2.24) is 4.90 Å². The molecule has 0 unspecified atom stereocenters. The Balaban J connectivity index is 1.72. The van der Waals surface area contributed by atoms with Crippen LogP contribution in [0.2, 0.25) is 0 Å². The second kappa shape index (κ2) is 8.94. The average Bonchev–Trinajstić information content (AvgIpc) is 2.79. The number of nitrogens with zero attached hydrogens (tertiary/aromatic N) is 1. The van der Waals surface area contributed by atoms with Crippen LogP contribution >= 0.6 is 0 Å². The molecule has 2 aliphatic carbocycles. The van der Waals surface area contributed by atoms with Gasteiger partial charge in [0.1, 0.15) is 0 Å². The van der Waals surface area contributed by atoms with Gasteiger partial charge in [0.05, 0.1) is 32.2 Å². The van der Waals surface area contributed by atoms with Crippen molar-refractivity contribution < 1.29 is 42.9 Å². The van der Waals surface area contributed by atoms with Gasteiger partial charge in [0.15, 0.2) is 18.0 Å². The number of Topliss-reactive ketones (excluding diaryl/α,β-unsaturated/α-hetero) is 1. The van der Waals surface area contributed by atoms with Crippen LogP contribution in [0.15, 0.2) is 0 Å². The van der Waals surface area contributed by atoms with Gasteiger partial charge in [-0.3, -0.25) is 24.0 Å². The van der Waals surface area contributed by atoms with Gasteiger partial charge >= 0.3 is 17.9 Å². The minimum atomic E-state index is -1.11. The topological polar surface area (TPSA) is 126 Å². The number of ketones is 1. The second-order valence-electron chi connectivity index (χ2n) is 10.4. The molecule has 34 heavy (non-hydrogen) atoms. The summed E-state index contributed by atoms with van der Waals surface area (Å²) in [6.45, 7) is 6.57. The predicted octanol–water partition coefficient (Wildman–Crippen LogP) is 0.893. The molecule has 10 heteroatoms. The van der Waals surface area contributed by atoms with E-state index in [1.807, 2.05) is 13.8 Å². The van der Waals surface area contributed by atoms with Crippen molar-refractivity contribution in [3.63, 3.8) is 0 Å². The van der Waals surface area contributed by atoms with Crippen LogP contribution in [0.25, 0.3) is 0 Å². The number of morpholine rings is 1. The van der Waals surface area contributed by atoms with Crippen LogP contribution in [0.3, 0.4) is 0 Å². The van der Waals surface area contributed by atoms with Gasteiger partial charge in [-0.05, 0) is 23.7 Å². The fraction of sp³-hybridized carbons (Fsp3) is 0.792. The van der Waals surface area contributed by atoms with E-state index in [0.717, 1.165) is 0 Å². The lowest BCUT2D eigenvalue weighted by Gasteiger charge is -2.60. The van der Waals surface area contributed by atoms with E-state index in [4.69, 9.17) is 18.9 Å². The number of amides is 1. The highest BCUT2D eigenvalue weighted by Crippen LogP contribution is 2.64. The first-order valence-corrected chi connectivity index (χ1v) is 11.9. The maximum atomic E-state index is 13.8. The van der Waals surface area contributed by atoms with E-state index >= 15 is 0 Å². The van der Waals surface area contributed by atoms with Crippen LogP contribution < -0.4 is 0 Å². The smallest absolute Gasteiger partial charge is 0.310 e. The molecule has 1 amide bonds. The normalized spacial score (nSPS) is 39.9. The number of cyclic esters (lactones) is 1. The van der Waals surface area contributed by atoms with Gasteiger partial charge in [-0.1, -0.05) is 13.8 Å². The molecule has 4 fully saturated rings. The summed E-state index contributed by atoms with van der Waals surface area (Å²) in [6.07, 6.45) is -1.06. The van der Waals surface area contributed by atoms with Crippen molar-refractivity contribution in [1.29, 1.82) is 0 Å². The number of methoxy groups -OCH3 is 1. The van der Waals surface area contributed by atoms with Gasteiger partial charge in [0.25, 0.3) is 5.91 Å². The molecule has 0 spiro atoms. The molecule has 0 aromatic heterocycles. The highest BCUT2D eigenvalue weighted by atomic mass is 16.6. The molecule has 2 saturated carbocycles. The lowest BCUT2D eigenvalue weighted by Crippen LogP contribution is -2.66. The van der Waals surface area contributed by atoms with E-state index in [9.17, 15) is 24.0 Å². The summed E-state index contributed by atoms with van der Waals surface area (Å²) in [7, 11) is 1.29. The van der Waals surface area contributed by atoms with Crippen molar-refractivity contribution in [2.75, 3.05) is 33.4 Å². The zero-order valence-electron chi connectivity index (χ0n) is 20.2. The number of hydrogen-bond donors (Lipinski definition) is 0. The van der Waals surface area contributed by atoms with Crippen molar-refractivity contribution in [3.8, 4) is 0 Å². The molecule has 4 rings (SSSR count). The monoisotopic (exact) mass is 479 g/mol. The maximum absolute atomic E-state index is 13.8. The summed E-state index contributed by atoms with van der Waals surface area (Å²) in [5.74, 6) is -4.27. The van der Waals surface area contributed by atoms with E-state index in [-0.39, 0.29) is 24.5 Å². The van der Waals surface area contributed by atoms with Gasteiger partial charge < -0.3 is 23.8 Å². The summed E-state index contributed by atoms with van der Waals surface area (Å²) >= 11 is 0. The van der Waals surface area contributed by atoms with Crippen molar-refractivity contribution in [2.24, 2.45) is 28.6 Å². The average molecular weight is 480 g/mol. The first kappa shape index (κ1) is 24.6. The van der Waals surface area contributed by atoms with Crippen molar-refractivity contribution in [2.45, 2.75) is 58.7 Å². The highest BCUT2D eigenvalue weighted by molar-refractivity contribution is 5.94. The molecule has 0 radical (unpaired) electrons. The number of ether oxygens (including phenoxy) is 4. The van der Waals surface area contributed by atoms with Gasteiger partial charge in [-0.25, -0.2) is 0 Å². The molecule has 4 aliphatic rings. The first-order valence-electron chi connectivity index (χ1n) is 11.9. The van der Waals surface area contributed by atoms with Crippen molar-refractivity contribution >= 4 is 29.6 Å². The van der Waals surface area contributed by atoms with E-state index in [1.54, 1.807) is 4.90 Å². The van der Waals surface area contributed by atoms with Crippen LogP contribution in [-0.2, 0) is 42.9 Å². The minimum Gasteiger partial charge on any atom is -0.469 e. The Bertz CT molecular complexity index is 897. The number of rotatable bonds is 3. The standard InChI is InChI=1S/C24H33NO9/c1-13(26)33-16-11-15(21(29)31-4)23(2)6-5-14-22(30)34-17(12-24(14,3)19(23)18(16)27)20(28)25-7-9-32-10-8-25/h14-17,19H,5-12H2,1-4H3/t14-,15-,16-,17-,19-,23-,24-/m0/s1. The second-order valence-corrected chi connectivity index (χ2v) is 10.4. The maximum Gasteiger partial charge on any atom is 0.310 e. The summed E-state index contributed by atoms with van der Waals surface area (Å²) in [6, 6.07) is 0. The number of fused-ring (bicyclic) bond motifs is 3. The van der Waals surface area contributed by atoms with E-state index in [0.29, 0.717) is 39.1 Å². The first-order chi connectivity index (χ1) is 16.0. The van der Waals surface area contributed by atoms with E-state index < -0.39 is 58.7 Å². The largest absolute Gasteiger partial charge is 0.469 e. The van der Waals surface area contributed by atoms with Crippen LogP contribution in [-0.4, -0.2) is 80.1 Å². The molecule has 7 atom stereocenters. The van der Waals surface area contributed by atoms with Crippen LogP contribution in [0.1, 0.15) is 46.5 Å². The molecule has 188 valence electrons. The lowest BCUT2D eigenvalue weighted by atomic mass is 9.43. The Hall–Kier alpha value is -2.49. The third-order valence-corrected chi connectivity index (χ3v) is 8.49. The van der Waals surface area contributed by atoms with E-state index in [2.05, 4.69) is 0 Å². The minimum absolute atomic E-state index is 0.0411. The molecular weight excluding hydrogens is 446 g/mol. The number of esters is 3. The molecule has 0 aromatic rings. The van der Waals surface area contributed by atoms with Gasteiger partial charge in [0.2, 0.25) is 0 Å². The Morgan fingerprint density at radius 2 is 1.76 bits per heavy atom. The van der Waals surface area contributed by atoms with Gasteiger partial charge in [-0.2, -0.15) is 0 Å². The lowest BCUT2D eigenvalue weighted by molar-refractivity contribution is -0.212. The molecule has 2 heterocycles. The zero-order chi connectivity index (χ0) is 24.8. The summed E-state index contributed by atoms with van der Waals surface area (Å²) in [5, 5.41) is 0. The van der Waals surface area contributed by atoms with Crippen molar-refractivity contribution in [3.05, 3.63) is 0 Å². The SMILES string of the molecule is COC(=O)[C@@H]1C[C@H](OC(C)=O)C(=O)[C@H]2[C@@]1(C)CC[C@H]1C(=O)O[C@H](C(=O)N3CCOCC3)C[C@]21C. The Kier molecular flexibility index (Phi) is 6.48. The fourth-order valence-electron chi connectivity index (χ4n) is 6.94. The third kappa shape index (κ3) is 3.89. The molecule has 0 bridgehead atoms. The van der Waals surface area contributed by atoms with Crippen LogP contribution in [0.5, 0.6) is 0 Å². The Morgan fingerprint density at radius 3 is 2.38 bits per heavy atom. The molecule has 2 aliphatic heterocycles. The number of carbonyl (C=O) groups excluding carboxylic acids is 5. The predicted molar refractivity (Wildman–Crippen MR) is 115 cm³/mol. The zero-order valence-corrected chi connectivity index (χ0v) is 20.2. The molecule has 2 saturated heterocycles. The van der Waals surface area contributed by atoms with E-state index in [1.165, 1.54) is 14.0 Å². The molecule has 0 N–H and O–H groups in total. The molecule has 0 aromatic carbocycles. The molecular formula is C24H33NO9. The summed E-state index contributed by atoms with van der Waals surface area (Å²) in [5.41, 5.74) is -1.76.